The molecule has 2 aromatic rings. The molecule has 0 bridgehead atoms. The van der Waals surface area contributed by atoms with Gasteiger partial charge in [-0.3, -0.25) is 4.79 Å². The van der Waals surface area contributed by atoms with E-state index in [0.717, 1.165) is 42.5 Å². The van der Waals surface area contributed by atoms with Crippen molar-refractivity contribution in [2.75, 3.05) is 40.6 Å². The number of carbonyl (C=O) groups is 1. The number of benzene rings is 1. The van der Waals surface area contributed by atoms with E-state index in [1.807, 2.05) is 17.8 Å². The van der Waals surface area contributed by atoms with E-state index in [0.29, 0.717) is 5.03 Å². The highest BCUT2D eigenvalue weighted by Gasteiger charge is 2.14. The number of anilines is 2. The Morgan fingerprint density at radius 1 is 1.24 bits per heavy atom. The minimum atomic E-state index is -0.800. The minimum absolute atomic E-state index is 0.0406. The molecule has 1 aromatic carbocycles. The molecule has 1 fully saturated rings. The second kappa shape index (κ2) is 8.48. The van der Waals surface area contributed by atoms with Gasteiger partial charge in [-0.15, -0.1) is 0 Å². The standard InChI is InChI=1S/C16H16F2N4OS2/c17-11-1-2-13(12(18)7-11)21-15(23)9-25-16-8-14(19-10-20-16)22-3-5-24-6-4-22/h1-2,7-8,10H,3-6,9H2,(H,21,23). The zero-order valence-electron chi connectivity index (χ0n) is 13.2. The second-order valence-corrected chi connectivity index (χ2v) is 7.50. The van der Waals surface area contributed by atoms with Crippen LogP contribution in [0.5, 0.6) is 0 Å². The van der Waals surface area contributed by atoms with Gasteiger partial charge in [0.1, 0.15) is 28.8 Å². The molecule has 25 heavy (non-hydrogen) atoms. The number of hydrogen-bond acceptors (Lipinski definition) is 6. The maximum Gasteiger partial charge on any atom is 0.234 e. The number of rotatable bonds is 5. The van der Waals surface area contributed by atoms with E-state index >= 15 is 0 Å². The average molecular weight is 382 g/mol. The molecule has 0 unspecified atom stereocenters. The number of amides is 1. The van der Waals surface area contributed by atoms with Crippen LogP contribution in [0.15, 0.2) is 35.6 Å². The lowest BCUT2D eigenvalue weighted by Gasteiger charge is -2.27. The van der Waals surface area contributed by atoms with Gasteiger partial charge < -0.3 is 10.2 Å². The third kappa shape index (κ3) is 5.05. The lowest BCUT2D eigenvalue weighted by Crippen LogP contribution is -2.33. The predicted molar refractivity (Wildman–Crippen MR) is 97.3 cm³/mol. The fourth-order valence-electron chi connectivity index (χ4n) is 2.29. The van der Waals surface area contributed by atoms with Crippen molar-refractivity contribution < 1.29 is 13.6 Å². The topological polar surface area (TPSA) is 58.1 Å². The van der Waals surface area contributed by atoms with Gasteiger partial charge >= 0.3 is 0 Å². The molecule has 9 heteroatoms. The molecule has 1 aliphatic heterocycles. The van der Waals surface area contributed by atoms with E-state index in [9.17, 15) is 13.6 Å². The summed E-state index contributed by atoms with van der Waals surface area (Å²) < 4.78 is 26.4. The molecule has 0 radical (unpaired) electrons. The quantitative estimate of drug-likeness (QED) is 0.634. The van der Waals surface area contributed by atoms with Crippen molar-refractivity contribution in [3.8, 4) is 0 Å². The Hall–Kier alpha value is -1.87. The van der Waals surface area contributed by atoms with Gasteiger partial charge in [0.15, 0.2) is 0 Å². The fourth-order valence-corrected chi connectivity index (χ4v) is 3.86. The van der Waals surface area contributed by atoms with Crippen LogP contribution < -0.4 is 10.2 Å². The molecule has 0 saturated carbocycles. The Balaban J connectivity index is 1.56. The van der Waals surface area contributed by atoms with Gasteiger partial charge in [-0.2, -0.15) is 11.8 Å². The molecule has 1 amide bonds. The van der Waals surface area contributed by atoms with E-state index in [1.54, 1.807) is 0 Å². The first-order valence-electron chi connectivity index (χ1n) is 7.64. The summed E-state index contributed by atoms with van der Waals surface area (Å²) in [5, 5.41) is 3.11. The summed E-state index contributed by atoms with van der Waals surface area (Å²) in [6.45, 7) is 1.88. The van der Waals surface area contributed by atoms with Crippen LogP contribution in [0.2, 0.25) is 0 Å². The Morgan fingerprint density at radius 2 is 2.04 bits per heavy atom. The zero-order chi connectivity index (χ0) is 17.6. The maximum absolute atomic E-state index is 13.5. The normalized spacial score (nSPS) is 14.4. The van der Waals surface area contributed by atoms with Crippen molar-refractivity contribution in [3.63, 3.8) is 0 Å². The van der Waals surface area contributed by atoms with Crippen molar-refractivity contribution in [3.05, 3.63) is 42.2 Å². The number of carbonyl (C=O) groups excluding carboxylic acids is 1. The largest absolute Gasteiger partial charge is 0.355 e. The third-order valence-corrected chi connectivity index (χ3v) is 5.39. The molecular formula is C16H16F2N4OS2. The summed E-state index contributed by atoms with van der Waals surface area (Å²) in [4.78, 5) is 22.6. The first-order chi connectivity index (χ1) is 12.1. The Kier molecular flexibility index (Phi) is 6.09. The maximum atomic E-state index is 13.5. The molecule has 1 aromatic heterocycles. The molecule has 0 spiro atoms. The van der Waals surface area contributed by atoms with Gasteiger partial charge in [0.25, 0.3) is 0 Å². The van der Waals surface area contributed by atoms with Gasteiger partial charge in [-0.25, -0.2) is 18.7 Å². The molecule has 1 saturated heterocycles. The molecule has 3 rings (SSSR count). The predicted octanol–water partition coefficient (Wildman–Crippen LogP) is 3.04. The van der Waals surface area contributed by atoms with Crippen molar-refractivity contribution in [1.29, 1.82) is 0 Å². The number of thioether (sulfide) groups is 2. The van der Waals surface area contributed by atoms with Crippen LogP contribution in [0.3, 0.4) is 0 Å². The lowest BCUT2D eigenvalue weighted by atomic mass is 10.3. The minimum Gasteiger partial charge on any atom is -0.355 e. The first-order valence-corrected chi connectivity index (χ1v) is 9.78. The number of nitrogens with one attached hydrogen (secondary N) is 1. The van der Waals surface area contributed by atoms with Crippen LogP contribution in [0, 0.1) is 11.6 Å². The van der Waals surface area contributed by atoms with Crippen LogP contribution in [0.4, 0.5) is 20.3 Å². The molecule has 0 atom stereocenters. The van der Waals surface area contributed by atoms with E-state index in [2.05, 4.69) is 20.2 Å². The molecular weight excluding hydrogens is 366 g/mol. The number of halogens is 2. The van der Waals surface area contributed by atoms with Crippen LogP contribution in [0.1, 0.15) is 0 Å². The van der Waals surface area contributed by atoms with Gasteiger partial charge in [-0.1, -0.05) is 11.8 Å². The summed E-state index contributed by atoms with van der Waals surface area (Å²) in [5.41, 5.74) is -0.0406. The Bertz CT molecular complexity index is 757. The number of aromatic nitrogens is 2. The third-order valence-electron chi connectivity index (χ3n) is 3.52. The lowest BCUT2D eigenvalue weighted by molar-refractivity contribution is -0.113. The SMILES string of the molecule is O=C(CSc1cc(N2CCSCC2)ncn1)Nc1ccc(F)cc1F. The van der Waals surface area contributed by atoms with Gasteiger partial charge in [0, 0.05) is 36.7 Å². The highest BCUT2D eigenvalue weighted by Crippen LogP contribution is 2.22. The summed E-state index contributed by atoms with van der Waals surface area (Å²) in [6, 6.07) is 4.88. The highest BCUT2D eigenvalue weighted by atomic mass is 32.2. The van der Waals surface area contributed by atoms with Crippen molar-refractivity contribution in [1.82, 2.24) is 9.97 Å². The molecule has 5 nitrogen and oxygen atoms in total. The molecule has 1 aliphatic rings. The monoisotopic (exact) mass is 382 g/mol. The fraction of sp³-hybridized carbons (Fsp3) is 0.312. The summed E-state index contributed by atoms with van der Waals surface area (Å²) in [7, 11) is 0. The average Bonchev–Trinajstić information content (AvgIpc) is 2.63. The number of hydrogen-bond donors (Lipinski definition) is 1. The van der Waals surface area contributed by atoms with E-state index in [1.165, 1.54) is 24.2 Å². The zero-order valence-corrected chi connectivity index (χ0v) is 14.9. The van der Waals surface area contributed by atoms with Crippen LogP contribution in [-0.2, 0) is 4.79 Å². The van der Waals surface area contributed by atoms with Crippen LogP contribution in [0.25, 0.3) is 0 Å². The second-order valence-electron chi connectivity index (χ2n) is 5.27. The Labute approximate surface area is 152 Å². The molecule has 2 heterocycles. The van der Waals surface area contributed by atoms with Gasteiger partial charge in [0.2, 0.25) is 5.91 Å². The van der Waals surface area contributed by atoms with E-state index < -0.39 is 11.6 Å². The van der Waals surface area contributed by atoms with E-state index in [4.69, 9.17) is 0 Å². The van der Waals surface area contributed by atoms with Gasteiger partial charge in [0.05, 0.1) is 11.4 Å². The highest BCUT2D eigenvalue weighted by molar-refractivity contribution is 8.00. The van der Waals surface area contributed by atoms with Crippen LogP contribution in [-0.4, -0.2) is 46.2 Å². The molecule has 0 aliphatic carbocycles. The van der Waals surface area contributed by atoms with Crippen molar-refractivity contribution >= 4 is 40.9 Å². The van der Waals surface area contributed by atoms with Crippen molar-refractivity contribution in [2.45, 2.75) is 5.03 Å². The summed E-state index contributed by atoms with van der Waals surface area (Å²) in [5.74, 6) is 1.19. The Morgan fingerprint density at radius 3 is 2.80 bits per heavy atom. The molecule has 1 N–H and O–H groups in total. The first kappa shape index (κ1) is 17.9. The molecule has 132 valence electrons. The van der Waals surface area contributed by atoms with Crippen molar-refractivity contribution in [2.24, 2.45) is 0 Å². The van der Waals surface area contributed by atoms with Gasteiger partial charge in [-0.05, 0) is 12.1 Å². The van der Waals surface area contributed by atoms with Crippen LogP contribution >= 0.6 is 23.5 Å². The smallest absolute Gasteiger partial charge is 0.234 e. The summed E-state index contributed by atoms with van der Waals surface area (Å²) >= 11 is 3.16. The number of nitrogens with zero attached hydrogens (tertiary/aromatic N) is 3. The summed E-state index contributed by atoms with van der Waals surface area (Å²) in [6.07, 6.45) is 1.48. The van der Waals surface area contributed by atoms with E-state index in [-0.39, 0.29) is 17.3 Å².